The normalized spacial score (nSPS) is 10.5. The molecule has 1 amide bonds. The van der Waals surface area contributed by atoms with E-state index in [1.54, 1.807) is 0 Å². The quantitative estimate of drug-likeness (QED) is 0.321. The molecule has 0 unspecified atom stereocenters. The van der Waals surface area contributed by atoms with Crippen LogP contribution < -0.4 is 5.32 Å². The fraction of sp³-hybridized carbons (Fsp3) is 0.167. The summed E-state index contributed by atoms with van der Waals surface area (Å²) in [6.45, 7) is -0.000464. The zero-order chi connectivity index (χ0) is 22.1. The second-order valence-corrected chi connectivity index (χ2v) is 6.89. The predicted octanol–water partition coefficient (Wildman–Crippen LogP) is 4.09. The molecule has 3 aromatic carbocycles. The van der Waals surface area contributed by atoms with Gasteiger partial charge in [0.25, 0.3) is 11.6 Å². The van der Waals surface area contributed by atoms with Crippen molar-refractivity contribution in [2.45, 2.75) is 12.3 Å². The highest BCUT2D eigenvalue weighted by molar-refractivity contribution is 5.91. The maximum Gasteiger partial charge on any atom is 0.338 e. The number of amides is 1. The lowest BCUT2D eigenvalue weighted by Gasteiger charge is -2.18. The second kappa shape index (κ2) is 10.7. The molecule has 0 aromatic heterocycles. The van der Waals surface area contributed by atoms with Crippen molar-refractivity contribution in [1.29, 1.82) is 0 Å². The van der Waals surface area contributed by atoms with Gasteiger partial charge < -0.3 is 10.1 Å². The topological polar surface area (TPSA) is 98.5 Å². The van der Waals surface area contributed by atoms with Gasteiger partial charge in [-0.2, -0.15) is 0 Å². The standard InChI is InChI=1S/C24H22N2O5/c27-23(17-31-24(28)20-11-13-21(14-12-20)26(29)30)25-16-15-22(18-7-3-1-4-8-18)19-9-5-2-6-10-19/h1-14,22H,15-17H2,(H,25,27). The molecule has 31 heavy (non-hydrogen) atoms. The van der Waals surface area contributed by atoms with E-state index in [2.05, 4.69) is 29.6 Å². The molecule has 1 N–H and O–H groups in total. The van der Waals surface area contributed by atoms with E-state index in [0.29, 0.717) is 13.0 Å². The molecule has 0 aliphatic heterocycles. The summed E-state index contributed by atoms with van der Waals surface area (Å²) in [5.74, 6) is -0.989. The maximum atomic E-state index is 12.1. The Balaban J connectivity index is 1.50. The van der Waals surface area contributed by atoms with Gasteiger partial charge in [0.1, 0.15) is 0 Å². The third kappa shape index (κ3) is 6.24. The molecule has 0 heterocycles. The van der Waals surface area contributed by atoms with Crippen LogP contribution in [0, 0.1) is 10.1 Å². The predicted molar refractivity (Wildman–Crippen MR) is 116 cm³/mol. The van der Waals surface area contributed by atoms with Gasteiger partial charge in [-0.3, -0.25) is 14.9 Å². The molecule has 0 saturated heterocycles. The number of carbonyl (C=O) groups excluding carboxylic acids is 2. The SMILES string of the molecule is O=C(COC(=O)c1ccc([N+](=O)[O-])cc1)NCCC(c1ccccc1)c1ccccc1. The van der Waals surface area contributed by atoms with Gasteiger partial charge in [-0.25, -0.2) is 4.79 Å². The zero-order valence-electron chi connectivity index (χ0n) is 16.8. The first-order chi connectivity index (χ1) is 15.0. The average molecular weight is 418 g/mol. The Bertz CT molecular complexity index is 981. The van der Waals surface area contributed by atoms with Crippen molar-refractivity contribution >= 4 is 17.6 Å². The van der Waals surface area contributed by atoms with Gasteiger partial charge >= 0.3 is 5.97 Å². The van der Waals surface area contributed by atoms with Crippen LogP contribution in [0.25, 0.3) is 0 Å². The van der Waals surface area contributed by atoms with Crippen molar-refractivity contribution in [3.8, 4) is 0 Å². The molecule has 7 heteroatoms. The molecule has 7 nitrogen and oxygen atoms in total. The van der Waals surface area contributed by atoms with Crippen molar-refractivity contribution in [2.75, 3.05) is 13.2 Å². The number of nitro groups is 1. The van der Waals surface area contributed by atoms with Crippen molar-refractivity contribution in [3.63, 3.8) is 0 Å². The third-order valence-electron chi connectivity index (χ3n) is 4.81. The van der Waals surface area contributed by atoms with Crippen LogP contribution in [-0.2, 0) is 9.53 Å². The number of esters is 1. The van der Waals surface area contributed by atoms with Gasteiger partial charge in [-0.1, -0.05) is 60.7 Å². The molecule has 0 aliphatic rings. The van der Waals surface area contributed by atoms with Crippen LogP contribution in [0.1, 0.15) is 33.8 Å². The number of carbonyl (C=O) groups is 2. The van der Waals surface area contributed by atoms with Crippen LogP contribution in [0.3, 0.4) is 0 Å². The van der Waals surface area contributed by atoms with Crippen molar-refractivity contribution in [1.82, 2.24) is 5.32 Å². The summed E-state index contributed by atoms with van der Waals surface area (Å²) in [4.78, 5) is 34.2. The number of benzene rings is 3. The van der Waals surface area contributed by atoms with Crippen LogP contribution in [-0.4, -0.2) is 30.0 Å². The lowest BCUT2D eigenvalue weighted by atomic mass is 9.88. The number of rotatable bonds is 9. The highest BCUT2D eigenvalue weighted by atomic mass is 16.6. The first kappa shape index (κ1) is 21.7. The van der Waals surface area contributed by atoms with E-state index < -0.39 is 23.4 Å². The minimum Gasteiger partial charge on any atom is -0.452 e. The molecule has 0 spiro atoms. The molecule has 0 radical (unpaired) electrons. The molecule has 3 rings (SSSR count). The summed E-state index contributed by atoms with van der Waals surface area (Å²) < 4.78 is 5.00. The number of ether oxygens (including phenoxy) is 1. The van der Waals surface area contributed by atoms with Gasteiger partial charge in [0.05, 0.1) is 10.5 Å². The molecule has 0 atom stereocenters. The van der Waals surface area contributed by atoms with E-state index in [1.165, 1.54) is 24.3 Å². The monoisotopic (exact) mass is 418 g/mol. The molecular weight excluding hydrogens is 396 g/mol. The van der Waals surface area contributed by atoms with Crippen molar-refractivity contribution in [2.24, 2.45) is 0 Å². The first-order valence-corrected chi connectivity index (χ1v) is 9.83. The van der Waals surface area contributed by atoms with Crippen molar-refractivity contribution < 1.29 is 19.2 Å². The Morgan fingerprint density at radius 3 is 1.94 bits per heavy atom. The Kier molecular flexibility index (Phi) is 7.48. The van der Waals surface area contributed by atoms with Crippen LogP contribution in [0.5, 0.6) is 0 Å². The van der Waals surface area contributed by atoms with E-state index in [4.69, 9.17) is 4.74 Å². The summed E-state index contributed by atoms with van der Waals surface area (Å²) in [6.07, 6.45) is 0.691. The summed E-state index contributed by atoms with van der Waals surface area (Å²) in [7, 11) is 0. The molecule has 0 fully saturated rings. The smallest absolute Gasteiger partial charge is 0.338 e. The fourth-order valence-electron chi connectivity index (χ4n) is 3.24. The number of nitrogens with one attached hydrogen (secondary N) is 1. The summed E-state index contributed by atoms with van der Waals surface area (Å²) in [5.41, 5.74) is 2.34. The average Bonchev–Trinajstić information content (AvgIpc) is 2.81. The molecule has 0 saturated carbocycles. The van der Waals surface area contributed by atoms with Crippen LogP contribution in [0.15, 0.2) is 84.9 Å². The molecular formula is C24H22N2O5. The fourth-order valence-corrected chi connectivity index (χ4v) is 3.24. The van der Waals surface area contributed by atoms with Crippen molar-refractivity contribution in [3.05, 3.63) is 112 Å². The Labute approximate surface area is 179 Å². The molecule has 158 valence electrons. The first-order valence-electron chi connectivity index (χ1n) is 9.83. The Morgan fingerprint density at radius 1 is 0.871 bits per heavy atom. The molecule has 0 bridgehead atoms. The third-order valence-corrected chi connectivity index (χ3v) is 4.81. The molecule has 0 aliphatic carbocycles. The summed E-state index contributed by atoms with van der Waals surface area (Å²) in [6, 6.07) is 25.1. The van der Waals surface area contributed by atoms with Crippen LogP contribution in [0.4, 0.5) is 5.69 Å². The van der Waals surface area contributed by atoms with Gasteiger partial charge in [0, 0.05) is 24.6 Å². The van der Waals surface area contributed by atoms with Gasteiger partial charge in [-0.15, -0.1) is 0 Å². The number of hydrogen-bond donors (Lipinski definition) is 1. The van der Waals surface area contributed by atoms with E-state index in [-0.39, 0.29) is 17.2 Å². The minimum atomic E-state index is -0.712. The van der Waals surface area contributed by atoms with Crippen LogP contribution in [0.2, 0.25) is 0 Å². The van der Waals surface area contributed by atoms with Gasteiger partial charge in [-0.05, 0) is 29.7 Å². The second-order valence-electron chi connectivity index (χ2n) is 6.89. The Hall–Kier alpha value is -4.00. The number of hydrogen-bond acceptors (Lipinski definition) is 5. The maximum absolute atomic E-state index is 12.1. The van der Waals surface area contributed by atoms with E-state index in [1.807, 2.05) is 36.4 Å². The minimum absolute atomic E-state index is 0.124. The van der Waals surface area contributed by atoms with Gasteiger partial charge in [0.15, 0.2) is 6.61 Å². The van der Waals surface area contributed by atoms with Crippen LogP contribution >= 0.6 is 0 Å². The number of nitro benzene ring substituents is 1. The van der Waals surface area contributed by atoms with E-state index in [9.17, 15) is 19.7 Å². The lowest BCUT2D eigenvalue weighted by Crippen LogP contribution is -2.30. The van der Waals surface area contributed by atoms with E-state index >= 15 is 0 Å². The number of nitrogens with zero attached hydrogens (tertiary/aromatic N) is 1. The van der Waals surface area contributed by atoms with Gasteiger partial charge in [0.2, 0.25) is 0 Å². The Morgan fingerprint density at radius 2 is 1.42 bits per heavy atom. The van der Waals surface area contributed by atoms with E-state index in [0.717, 1.165) is 11.1 Å². The highest BCUT2D eigenvalue weighted by Crippen LogP contribution is 2.27. The summed E-state index contributed by atoms with van der Waals surface area (Å²) >= 11 is 0. The number of non-ortho nitro benzene ring substituents is 1. The highest BCUT2D eigenvalue weighted by Gasteiger charge is 2.15. The lowest BCUT2D eigenvalue weighted by molar-refractivity contribution is -0.384. The zero-order valence-corrected chi connectivity index (χ0v) is 16.8. The summed E-state index contributed by atoms with van der Waals surface area (Å²) in [5, 5.41) is 13.4. The largest absolute Gasteiger partial charge is 0.452 e. The molecule has 3 aromatic rings.